The lowest BCUT2D eigenvalue weighted by atomic mass is 9.75. The number of hydrogen-bond donors (Lipinski definition) is 2. The van der Waals surface area contributed by atoms with E-state index in [0.29, 0.717) is 43.5 Å². The molecule has 7 heteroatoms. The standard InChI is InChI=1S/C19H24N2O5/c1-18(2)8-13-11(14(22)9-18)7-12(15(23)20-13)16(24)21-6-4-5-19(3,10-21)17(25)26/h7H,4-6,8-10H2,1-3H3,(H,20,23)(H,25,26). The molecule has 1 aliphatic heterocycles. The van der Waals surface area contributed by atoms with Crippen LogP contribution in [0.1, 0.15) is 66.4 Å². The largest absolute Gasteiger partial charge is 0.481 e. The number of piperidine rings is 1. The van der Waals surface area contributed by atoms with E-state index in [4.69, 9.17) is 0 Å². The number of pyridine rings is 1. The lowest BCUT2D eigenvalue weighted by molar-refractivity contribution is -0.150. The predicted molar refractivity (Wildman–Crippen MR) is 94.4 cm³/mol. The molecular formula is C19H24N2O5. The number of ketones is 1. The van der Waals surface area contributed by atoms with Gasteiger partial charge in [0.15, 0.2) is 5.78 Å². The van der Waals surface area contributed by atoms with E-state index in [1.807, 2.05) is 13.8 Å². The maximum absolute atomic E-state index is 12.9. The van der Waals surface area contributed by atoms with E-state index in [1.165, 1.54) is 11.0 Å². The van der Waals surface area contributed by atoms with Gasteiger partial charge in [0.2, 0.25) is 0 Å². The number of carboxylic acids is 1. The first-order valence-electron chi connectivity index (χ1n) is 8.84. The van der Waals surface area contributed by atoms with Crippen molar-refractivity contribution in [3.63, 3.8) is 0 Å². The molecule has 1 fully saturated rings. The number of aliphatic carboxylic acids is 1. The van der Waals surface area contributed by atoms with Crippen LogP contribution in [0.4, 0.5) is 0 Å². The zero-order valence-corrected chi connectivity index (χ0v) is 15.3. The summed E-state index contributed by atoms with van der Waals surface area (Å²) < 4.78 is 0. The summed E-state index contributed by atoms with van der Waals surface area (Å²) in [5, 5.41) is 9.41. The van der Waals surface area contributed by atoms with Gasteiger partial charge in [-0.3, -0.25) is 19.2 Å². The third kappa shape index (κ3) is 3.18. The molecule has 1 aromatic rings. The molecule has 26 heavy (non-hydrogen) atoms. The van der Waals surface area contributed by atoms with Gasteiger partial charge >= 0.3 is 5.97 Å². The van der Waals surface area contributed by atoms with Crippen molar-refractivity contribution >= 4 is 17.7 Å². The Labute approximate surface area is 151 Å². The Bertz CT molecular complexity index is 854. The molecule has 2 heterocycles. The molecule has 0 spiro atoms. The van der Waals surface area contributed by atoms with Crippen molar-refractivity contribution in [1.29, 1.82) is 0 Å². The number of aromatic nitrogens is 1. The monoisotopic (exact) mass is 360 g/mol. The maximum atomic E-state index is 12.9. The molecule has 0 aromatic carbocycles. The Morgan fingerprint density at radius 3 is 2.54 bits per heavy atom. The van der Waals surface area contributed by atoms with Crippen LogP contribution in [0.15, 0.2) is 10.9 Å². The molecule has 1 aliphatic carbocycles. The minimum atomic E-state index is -1.02. The zero-order chi connectivity index (χ0) is 19.3. The molecule has 1 amide bonds. The van der Waals surface area contributed by atoms with Crippen LogP contribution in [0.2, 0.25) is 0 Å². The highest BCUT2D eigenvalue weighted by Gasteiger charge is 2.40. The van der Waals surface area contributed by atoms with Gasteiger partial charge in [-0.2, -0.15) is 0 Å². The third-order valence-electron chi connectivity index (χ3n) is 5.45. The van der Waals surface area contributed by atoms with E-state index in [0.717, 1.165) is 0 Å². The average Bonchev–Trinajstić information content (AvgIpc) is 2.52. The lowest BCUT2D eigenvalue weighted by Crippen LogP contribution is -2.49. The predicted octanol–water partition coefficient (Wildman–Crippen LogP) is 1.86. The Morgan fingerprint density at radius 1 is 1.19 bits per heavy atom. The van der Waals surface area contributed by atoms with Crippen molar-refractivity contribution in [2.75, 3.05) is 13.1 Å². The van der Waals surface area contributed by atoms with Crippen LogP contribution < -0.4 is 5.56 Å². The number of hydrogen-bond acceptors (Lipinski definition) is 4. The summed E-state index contributed by atoms with van der Waals surface area (Å²) in [5.41, 5.74) is -0.899. The van der Waals surface area contributed by atoms with Crippen LogP contribution in [-0.2, 0) is 11.2 Å². The molecule has 1 atom stereocenters. The fourth-order valence-corrected chi connectivity index (χ4v) is 3.94. The number of carboxylic acid groups (broad SMARTS) is 1. The van der Waals surface area contributed by atoms with Gasteiger partial charge < -0.3 is 15.0 Å². The molecule has 2 N–H and O–H groups in total. The number of fused-ring (bicyclic) bond motifs is 1. The Kier molecular flexibility index (Phi) is 4.29. The SMILES string of the molecule is CC1(C)CC(=O)c2cc(C(=O)N3CCCC(C)(C(=O)O)C3)c(=O)[nH]c2C1. The molecular weight excluding hydrogens is 336 g/mol. The van der Waals surface area contributed by atoms with Gasteiger partial charge in [-0.1, -0.05) is 13.8 Å². The normalized spacial score (nSPS) is 24.9. The summed E-state index contributed by atoms with van der Waals surface area (Å²) in [6.07, 6.45) is 1.98. The van der Waals surface area contributed by atoms with Crippen molar-refractivity contribution < 1.29 is 19.5 Å². The topological polar surface area (TPSA) is 108 Å². The summed E-state index contributed by atoms with van der Waals surface area (Å²) in [5.74, 6) is -1.55. The second-order valence-electron chi connectivity index (χ2n) is 8.54. The highest BCUT2D eigenvalue weighted by Crippen LogP contribution is 2.34. The number of rotatable bonds is 2. The van der Waals surface area contributed by atoms with E-state index in [-0.39, 0.29) is 23.3 Å². The van der Waals surface area contributed by atoms with Gasteiger partial charge in [-0.15, -0.1) is 0 Å². The van der Waals surface area contributed by atoms with Crippen molar-refractivity contribution in [1.82, 2.24) is 9.88 Å². The first kappa shape index (κ1) is 18.4. The molecule has 0 saturated carbocycles. The number of likely N-dealkylation sites (tertiary alicyclic amines) is 1. The molecule has 1 aromatic heterocycles. The number of Topliss-reactive ketones (excluding diaryl/α,β-unsaturated/α-hetero) is 1. The van der Waals surface area contributed by atoms with Crippen LogP contribution in [0.25, 0.3) is 0 Å². The molecule has 1 saturated heterocycles. The van der Waals surface area contributed by atoms with Crippen LogP contribution >= 0.6 is 0 Å². The average molecular weight is 360 g/mol. The smallest absolute Gasteiger partial charge is 0.311 e. The Morgan fingerprint density at radius 2 is 1.88 bits per heavy atom. The third-order valence-corrected chi connectivity index (χ3v) is 5.45. The zero-order valence-electron chi connectivity index (χ0n) is 15.3. The summed E-state index contributed by atoms with van der Waals surface area (Å²) in [6.45, 7) is 5.99. The number of carbonyl (C=O) groups is 3. The summed E-state index contributed by atoms with van der Waals surface area (Å²) in [7, 11) is 0. The molecule has 0 radical (unpaired) electrons. The molecule has 1 unspecified atom stereocenters. The van der Waals surface area contributed by atoms with Gasteiger partial charge in [-0.05, 0) is 37.7 Å². The number of nitrogens with zero attached hydrogens (tertiary/aromatic N) is 1. The Hall–Kier alpha value is -2.44. The lowest BCUT2D eigenvalue weighted by Gasteiger charge is -2.37. The fourth-order valence-electron chi connectivity index (χ4n) is 3.94. The van der Waals surface area contributed by atoms with E-state index in [2.05, 4.69) is 4.98 Å². The number of carbonyl (C=O) groups excluding carboxylic acids is 2. The summed E-state index contributed by atoms with van der Waals surface area (Å²) in [6, 6.07) is 1.39. The van der Waals surface area contributed by atoms with Gasteiger partial charge in [0.1, 0.15) is 5.56 Å². The minimum Gasteiger partial charge on any atom is -0.481 e. The van der Waals surface area contributed by atoms with Crippen molar-refractivity contribution in [2.45, 2.75) is 46.5 Å². The van der Waals surface area contributed by atoms with E-state index < -0.39 is 22.9 Å². The molecule has 2 aliphatic rings. The van der Waals surface area contributed by atoms with E-state index >= 15 is 0 Å². The van der Waals surface area contributed by atoms with Crippen molar-refractivity contribution in [3.05, 3.63) is 33.2 Å². The number of amides is 1. The van der Waals surface area contributed by atoms with E-state index in [1.54, 1.807) is 6.92 Å². The van der Waals surface area contributed by atoms with Gasteiger partial charge in [0.25, 0.3) is 11.5 Å². The van der Waals surface area contributed by atoms with Crippen LogP contribution in [0.3, 0.4) is 0 Å². The highest BCUT2D eigenvalue weighted by molar-refractivity contribution is 6.02. The van der Waals surface area contributed by atoms with Crippen LogP contribution in [-0.4, -0.2) is 45.7 Å². The van der Waals surface area contributed by atoms with Crippen LogP contribution in [0.5, 0.6) is 0 Å². The Balaban J connectivity index is 1.94. The summed E-state index contributed by atoms with van der Waals surface area (Å²) in [4.78, 5) is 53.3. The van der Waals surface area contributed by atoms with Gasteiger partial charge in [-0.25, -0.2) is 0 Å². The first-order chi connectivity index (χ1) is 12.0. The molecule has 7 nitrogen and oxygen atoms in total. The number of aromatic amines is 1. The molecule has 3 rings (SSSR count). The number of H-pyrrole nitrogens is 1. The van der Waals surface area contributed by atoms with Crippen molar-refractivity contribution in [2.24, 2.45) is 10.8 Å². The van der Waals surface area contributed by atoms with Crippen LogP contribution in [0, 0.1) is 10.8 Å². The quantitative estimate of drug-likeness (QED) is 0.837. The summed E-state index contributed by atoms with van der Waals surface area (Å²) >= 11 is 0. The number of nitrogens with one attached hydrogen (secondary N) is 1. The first-order valence-corrected chi connectivity index (χ1v) is 8.84. The van der Waals surface area contributed by atoms with Gasteiger partial charge in [0.05, 0.1) is 5.41 Å². The molecule has 0 bridgehead atoms. The highest BCUT2D eigenvalue weighted by atomic mass is 16.4. The fraction of sp³-hybridized carbons (Fsp3) is 0.579. The van der Waals surface area contributed by atoms with Gasteiger partial charge in [0, 0.05) is 30.8 Å². The van der Waals surface area contributed by atoms with E-state index in [9.17, 15) is 24.3 Å². The maximum Gasteiger partial charge on any atom is 0.311 e. The second kappa shape index (κ2) is 6.07. The van der Waals surface area contributed by atoms with Crippen molar-refractivity contribution in [3.8, 4) is 0 Å². The molecule has 140 valence electrons. The minimum absolute atomic E-state index is 0.0542. The second-order valence-corrected chi connectivity index (χ2v) is 8.54.